The number of nitrogens with one attached hydrogen (secondary N) is 1. The van der Waals surface area contributed by atoms with Crippen LogP contribution in [0.5, 0.6) is 5.75 Å². The molecule has 0 fully saturated rings. The van der Waals surface area contributed by atoms with E-state index in [1.165, 1.54) is 6.07 Å². The fraction of sp³-hybridized carbons (Fsp3) is 0.571. The second kappa shape index (κ2) is 7.28. The largest absolute Gasteiger partial charge is 0.493 e. The summed E-state index contributed by atoms with van der Waals surface area (Å²) in [5.41, 5.74) is 0.888. The minimum Gasteiger partial charge on any atom is -0.493 e. The van der Waals surface area contributed by atoms with Crippen LogP contribution in [0.2, 0.25) is 0 Å². The van der Waals surface area contributed by atoms with Gasteiger partial charge in [-0.3, -0.25) is 0 Å². The summed E-state index contributed by atoms with van der Waals surface area (Å²) >= 11 is 0. The van der Waals surface area contributed by atoms with Crippen LogP contribution in [0.4, 0.5) is 4.39 Å². The van der Waals surface area contributed by atoms with Crippen LogP contribution in [0.15, 0.2) is 18.2 Å². The third kappa shape index (κ3) is 5.18. The van der Waals surface area contributed by atoms with E-state index in [0.29, 0.717) is 19.1 Å². The number of hydrogen-bond acceptors (Lipinski definition) is 2. The van der Waals surface area contributed by atoms with Crippen molar-refractivity contribution in [3.05, 3.63) is 29.6 Å². The molecule has 1 aromatic rings. The fourth-order valence-corrected chi connectivity index (χ4v) is 1.53. The summed E-state index contributed by atoms with van der Waals surface area (Å²) in [7, 11) is 0. The summed E-state index contributed by atoms with van der Waals surface area (Å²) in [5, 5.41) is 3.30. The Morgan fingerprint density at radius 1 is 1.35 bits per heavy atom. The summed E-state index contributed by atoms with van der Waals surface area (Å²) in [5.74, 6) is 1.16. The quantitative estimate of drug-likeness (QED) is 0.787. The molecule has 1 rings (SSSR count). The van der Waals surface area contributed by atoms with Crippen LogP contribution < -0.4 is 10.1 Å². The van der Waals surface area contributed by atoms with Crippen LogP contribution in [0.25, 0.3) is 0 Å². The molecule has 2 nitrogen and oxygen atoms in total. The lowest BCUT2D eigenvalue weighted by atomic mass is 10.1. The van der Waals surface area contributed by atoms with Gasteiger partial charge in [0.1, 0.15) is 11.6 Å². The van der Waals surface area contributed by atoms with Gasteiger partial charge >= 0.3 is 0 Å². The van der Waals surface area contributed by atoms with E-state index < -0.39 is 0 Å². The molecule has 0 aromatic heterocycles. The first kappa shape index (κ1) is 14.0. The van der Waals surface area contributed by atoms with Crippen LogP contribution in [-0.4, -0.2) is 13.2 Å². The maximum atomic E-state index is 13.2. The molecule has 96 valence electrons. The smallest absolute Gasteiger partial charge is 0.123 e. The van der Waals surface area contributed by atoms with Gasteiger partial charge in [-0.15, -0.1) is 0 Å². The third-order valence-electron chi connectivity index (χ3n) is 2.35. The highest BCUT2D eigenvalue weighted by Crippen LogP contribution is 2.19. The Hall–Kier alpha value is -1.09. The number of halogens is 1. The second-order valence-corrected chi connectivity index (χ2v) is 4.63. The number of hydrogen-bond donors (Lipinski definition) is 1. The lowest BCUT2D eigenvalue weighted by molar-refractivity contribution is 0.312. The highest BCUT2D eigenvalue weighted by atomic mass is 19.1. The molecule has 0 saturated heterocycles. The summed E-state index contributed by atoms with van der Waals surface area (Å²) in [6.07, 6.45) is 0.955. The molecule has 3 heteroatoms. The lowest BCUT2D eigenvalue weighted by Gasteiger charge is -2.12. The zero-order valence-corrected chi connectivity index (χ0v) is 10.9. The highest BCUT2D eigenvalue weighted by Gasteiger charge is 2.05. The Balaban J connectivity index is 2.62. The molecule has 0 saturated carbocycles. The van der Waals surface area contributed by atoms with E-state index in [0.717, 1.165) is 24.3 Å². The maximum Gasteiger partial charge on any atom is 0.123 e. The van der Waals surface area contributed by atoms with Gasteiger partial charge in [-0.2, -0.15) is 0 Å². The average Bonchev–Trinajstić information content (AvgIpc) is 2.27. The predicted molar refractivity (Wildman–Crippen MR) is 68.7 cm³/mol. The van der Waals surface area contributed by atoms with Gasteiger partial charge in [0.05, 0.1) is 6.61 Å². The number of benzene rings is 1. The van der Waals surface area contributed by atoms with E-state index >= 15 is 0 Å². The molecule has 0 atom stereocenters. The summed E-state index contributed by atoms with van der Waals surface area (Å²) in [6.45, 7) is 8.59. The van der Waals surface area contributed by atoms with E-state index in [-0.39, 0.29) is 5.82 Å². The summed E-state index contributed by atoms with van der Waals surface area (Å²) in [4.78, 5) is 0. The van der Waals surface area contributed by atoms with E-state index in [4.69, 9.17) is 4.74 Å². The first-order valence-electron chi connectivity index (χ1n) is 6.25. The minimum atomic E-state index is -0.213. The van der Waals surface area contributed by atoms with Crippen LogP contribution >= 0.6 is 0 Å². The Bertz CT molecular complexity index is 339. The van der Waals surface area contributed by atoms with Gasteiger partial charge in [0, 0.05) is 12.1 Å². The predicted octanol–water partition coefficient (Wildman–Crippen LogP) is 3.36. The van der Waals surface area contributed by atoms with Crippen molar-refractivity contribution in [2.24, 2.45) is 5.92 Å². The fourth-order valence-electron chi connectivity index (χ4n) is 1.53. The highest BCUT2D eigenvalue weighted by molar-refractivity contribution is 5.33. The molecule has 0 bridgehead atoms. The van der Waals surface area contributed by atoms with Gasteiger partial charge < -0.3 is 10.1 Å². The molecule has 0 aliphatic heterocycles. The van der Waals surface area contributed by atoms with E-state index in [2.05, 4.69) is 26.1 Å². The minimum absolute atomic E-state index is 0.213. The molecular weight excluding hydrogens is 217 g/mol. The first-order valence-corrected chi connectivity index (χ1v) is 6.25. The van der Waals surface area contributed by atoms with Crippen molar-refractivity contribution in [3.63, 3.8) is 0 Å². The third-order valence-corrected chi connectivity index (χ3v) is 2.35. The van der Waals surface area contributed by atoms with Crippen molar-refractivity contribution in [2.45, 2.75) is 33.7 Å². The lowest BCUT2D eigenvalue weighted by Crippen LogP contribution is -2.19. The van der Waals surface area contributed by atoms with Crippen molar-refractivity contribution in [2.75, 3.05) is 13.2 Å². The van der Waals surface area contributed by atoms with E-state index in [1.54, 1.807) is 12.1 Å². The first-order chi connectivity index (χ1) is 8.13. The standard InChI is InChI=1S/C14H22FNO/c1-4-7-17-14-6-5-13(15)8-12(14)10-16-9-11(2)3/h5-6,8,11,16H,4,7,9-10H2,1-3H3. The zero-order chi connectivity index (χ0) is 12.7. The zero-order valence-electron chi connectivity index (χ0n) is 10.9. The van der Waals surface area contributed by atoms with Gasteiger partial charge in [-0.1, -0.05) is 20.8 Å². The van der Waals surface area contributed by atoms with Crippen molar-refractivity contribution in [1.29, 1.82) is 0 Å². The van der Waals surface area contributed by atoms with E-state index in [9.17, 15) is 4.39 Å². The van der Waals surface area contributed by atoms with Crippen LogP contribution in [0.1, 0.15) is 32.8 Å². The molecule has 17 heavy (non-hydrogen) atoms. The maximum absolute atomic E-state index is 13.2. The Kier molecular flexibility index (Phi) is 5.98. The van der Waals surface area contributed by atoms with Crippen LogP contribution in [0, 0.1) is 11.7 Å². The summed E-state index contributed by atoms with van der Waals surface area (Å²) in [6, 6.07) is 4.69. The molecule has 0 unspecified atom stereocenters. The monoisotopic (exact) mass is 239 g/mol. The van der Waals surface area contributed by atoms with Crippen molar-refractivity contribution in [3.8, 4) is 5.75 Å². The van der Waals surface area contributed by atoms with Crippen molar-refractivity contribution in [1.82, 2.24) is 5.32 Å². The van der Waals surface area contributed by atoms with Gasteiger partial charge in [-0.05, 0) is 37.1 Å². The van der Waals surface area contributed by atoms with Gasteiger partial charge in [0.2, 0.25) is 0 Å². The molecule has 1 N–H and O–H groups in total. The van der Waals surface area contributed by atoms with Crippen LogP contribution in [-0.2, 0) is 6.54 Å². The Morgan fingerprint density at radius 3 is 2.76 bits per heavy atom. The molecule has 0 spiro atoms. The SMILES string of the molecule is CCCOc1ccc(F)cc1CNCC(C)C. The molecule has 0 radical (unpaired) electrons. The van der Waals surface area contributed by atoms with Gasteiger partial charge in [-0.25, -0.2) is 4.39 Å². The molecule has 0 amide bonds. The summed E-state index contributed by atoms with van der Waals surface area (Å²) < 4.78 is 18.8. The Morgan fingerprint density at radius 2 is 2.12 bits per heavy atom. The number of rotatable bonds is 7. The number of ether oxygens (including phenoxy) is 1. The van der Waals surface area contributed by atoms with Gasteiger partial charge in [0.15, 0.2) is 0 Å². The molecule has 0 aliphatic rings. The van der Waals surface area contributed by atoms with Gasteiger partial charge in [0.25, 0.3) is 0 Å². The average molecular weight is 239 g/mol. The van der Waals surface area contributed by atoms with E-state index in [1.807, 2.05) is 0 Å². The molecular formula is C14H22FNO. The topological polar surface area (TPSA) is 21.3 Å². The Labute approximate surface area is 103 Å². The van der Waals surface area contributed by atoms with Crippen molar-refractivity contribution < 1.29 is 9.13 Å². The second-order valence-electron chi connectivity index (χ2n) is 4.63. The van der Waals surface area contributed by atoms with Crippen LogP contribution in [0.3, 0.4) is 0 Å². The normalized spacial score (nSPS) is 10.9. The molecule has 1 aromatic carbocycles. The molecule has 0 aliphatic carbocycles. The molecule has 0 heterocycles. The van der Waals surface area contributed by atoms with Crippen molar-refractivity contribution >= 4 is 0 Å².